The number of hydrogen-bond donors (Lipinski definition) is 1. The summed E-state index contributed by atoms with van der Waals surface area (Å²) in [4.78, 5) is 55.2. The SMILES string of the molecule is CCOC(=O)CC(=O)c1ccc(F)cc1.CCOC(=O)c1c(-c2ccc(F)cc2)oc2ccc(O)cc12.O=C1C=CC(=O)C=C1. The van der Waals surface area contributed by atoms with E-state index in [0.717, 1.165) is 0 Å². The fourth-order valence-electron chi connectivity index (χ4n) is 3.82. The molecule has 1 aromatic heterocycles. The Morgan fingerprint density at radius 1 is 0.756 bits per heavy atom. The van der Waals surface area contributed by atoms with E-state index in [1.807, 2.05) is 0 Å². The van der Waals surface area contributed by atoms with Gasteiger partial charge in [0, 0.05) is 16.5 Å². The van der Waals surface area contributed by atoms with Gasteiger partial charge in [0.2, 0.25) is 0 Å². The monoisotopic (exact) mass is 618 g/mol. The molecule has 0 bridgehead atoms. The van der Waals surface area contributed by atoms with Crippen molar-refractivity contribution in [2.75, 3.05) is 13.2 Å². The lowest BCUT2D eigenvalue weighted by Gasteiger charge is -2.03. The van der Waals surface area contributed by atoms with Crippen LogP contribution in [0.3, 0.4) is 0 Å². The highest BCUT2D eigenvalue weighted by Crippen LogP contribution is 2.35. The second-order valence-corrected chi connectivity index (χ2v) is 9.10. The molecule has 1 heterocycles. The molecule has 0 fully saturated rings. The number of furan rings is 1. The van der Waals surface area contributed by atoms with E-state index in [1.54, 1.807) is 19.9 Å². The van der Waals surface area contributed by atoms with Gasteiger partial charge >= 0.3 is 11.9 Å². The summed E-state index contributed by atoms with van der Waals surface area (Å²) in [6.45, 7) is 3.83. The zero-order chi connectivity index (χ0) is 32.9. The van der Waals surface area contributed by atoms with E-state index < -0.39 is 17.8 Å². The Hall–Kier alpha value is -5.71. The topological polar surface area (TPSA) is 137 Å². The molecule has 11 heteroatoms. The van der Waals surface area contributed by atoms with E-state index in [0.29, 0.717) is 27.9 Å². The molecule has 5 rings (SSSR count). The fraction of sp³-hybridized carbons (Fsp3) is 0.147. The molecule has 9 nitrogen and oxygen atoms in total. The lowest BCUT2D eigenvalue weighted by Crippen LogP contribution is -2.11. The van der Waals surface area contributed by atoms with Crippen LogP contribution >= 0.6 is 0 Å². The normalized spacial score (nSPS) is 11.6. The standard InChI is InChI=1S/C17H13FO4.C11H11FO3.C6H4O2/c1-2-21-17(20)15-13-9-12(19)7-8-14(13)22-16(15)10-3-5-11(18)6-4-10;1-2-15-11(14)7-10(13)8-3-5-9(12)6-4-8;7-5-1-2-6(8)4-3-5/h3-9,19H,2H2,1H3;3-6H,2,7H2,1H3;1-4H. The summed E-state index contributed by atoms with van der Waals surface area (Å²) >= 11 is 0. The van der Waals surface area contributed by atoms with Gasteiger partial charge in [-0.1, -0.05) is 0 Å². The molecule has 0 unspecified atom stereocenters. The summed E-state index contributed by atoms with van der Waals surface area (Å²) in [5, 5.41) is 10.1. The molecule has 45 heavy (non-hydrogen) atoms. The van der Waals surface area contributed by atoms with Crippen molar-refractivity contribution in [1.29, 1.82) is 0 Å². The summed E-state index contributed by atoms with van der Waals surface area (Å²) < 4.78 is 41.0. The van der Waals surface area contributed by atoms with E-state index in [2.05, 4.69) is 4.74 Å². The number of aromatic hydroxyl groups is 1. The number of phenols is 1. The van der Waals surface area contributed by atoms with Crippen molar-refractivity contribution >= 4 is 40.3 Å². The van der Waals surface area contributed by atoms with Crippen LogP contribution in [0.15, 0.2) is 95.5 Å². The predicted octanol–water partition coefficient (Wildman–Crippen LogP) is 6.33. The molecule has 3 aromatic carbocycles. The van der Waals surface area contributed by atoms with Crippen LogP contribution in [0.25, 0.3) is 22.3 Å². The average Bonchev–Trinajstić information content (AvgIpc) is 3.39. The number of fused-ring (bicyclic) bond motifs is 1. The maximum absolute atomic E-state index is 13.1. The molecule has 1 N–H and O–H groups in total. The first-order valence-corrected chi connectivity index (χ1v) is 13.6. The number of hydrogen-bond acceptors (Lipinski definition) is 9. The van der Waals surface area contributed by atoms with Crippen molar-refractivity contribution in [3.8, 4) is 17.1 Å². The maximum Gasteiger partial charge on any atom is 0.342 e. The average molecular weight is 619 g/mol. The predicted molar refractivity (Wildman–Crippen MR) is 160 cm³/mol. The van der Waals surface area contributed by atoms with Gasteiger partial charge in [-0.2, -0.15) is 0 Å². The Labute approximate surface area is 256 Å². The number of ketones is 3. The number of benzene rings is 3. The number of ether oxygens (including phenoxy) is 2. The molecular weight excluding hydrogens is 590 g/mol. The highest BCUT2D eigenvalue weighted by atomic mass is 19.1. The van der Waals surface area contributed by atoms with Crippen LogP contribution in [-0.4, -0.2) is 47.6 Å². The Morgan fingerprint density at radius 3 is 1.82 bits per heavy atom. The Balaban J connectivity index is 0.000000207. The second-order valence-electron chi connectivity index (χ2n) is 9.10. The molecular formula is C34H28F2O9. The minimum Gasteiger partial charge on any atom is -0.508 e. The van der Waals surface area contributed by atoms with Crippen LogP contribution in [0.5, 0.6) is 5.75 Å². The number of phenolic OH excluding ortho intramolecular Hbond substituents is 1. The van der Waals surface area contributed by atoms with Crippen molar-refractivity contribution in [1.82, 2.24) is 0 Å². The second kappa shape index (κ2) is 16.2. The molecule has 0 radical (unpaired) electrons. The van der Waals surface area contributed by atoms with Gasteiger partial charge in [-0.25, -0.2) is 13.6 Å². The van der Waals surface area contributed by atoms with Crippen LogP contribution in [0.4, 0.5) is 8.78 Å². The third-order valence-corrected chi connectivity index (χ3v) is 5.86. The van der Waals surface area contributed by atoms with Gasteiger partial charge in [0.05, 0.1) is 13.2 Å². The fourth-order valence-corrected chi connectivity index (χ4v) is 3.82. The van der Waals surface area contributed by atoms with Crippen molar-refractivity contribution < 1.29 is 51.8 Å². The maximum atomic E-state index is 13.1. The Bertz CT molecular complexity index is 1710. The molecule has 4 aromatic rings. The molecule has 0 spiro atoms. The number of esters is 2. The van der Waals surface area contributed by atoms with E-state index in [1.165, 1.54) is 85.0 Å². The zero-order valence-electron chi connectivity index (χ0n) is 24.3. The largest absolute Gasteiger partial charge is 0.508 e. The van der Waals surface area contributed by atoms with Gasteiger partial charge in [0.25, 0.3) is 0 Å². The van der Waals surface area contributed by atoms with Crippen LogP contribution in [0.1, 0.15) is 41.0 Å². The first-order valence-electron chi connectivity index (χ1n) is 13.6. The summed E-state index contributed by atoms with van der Waals surface area (Å²) in [5.74, 6) is -2.21. The Kier molecular flexibility index (Phi) is 12.2. The van der Waals surface area contributed by atoms with Crippen molar-refractivity contribution in [2.24, 2.45) is 0 Å². The zero-order valence-corrected chi connectivity index (χ0v) is 24.3. The molecule has 0 aliphatic heterocycles. The number of carbonyl (C=O) groups excluding carboxylic acids is 5. The van der Waals surface area contributed by atoms with E-state index in [-0.39, 0.29) is 54.1 Å². The van der Waals surface area contributed by atoms with Crippen molar-refractivity contribution in [3.05, 3.63) is 114 Å². The molecule has 0 saturated heterocycles. The van der Waals surface area contributed by atoms with Crippen LogP contribution in [-0.2, 0) is 23.9 Å². The highest BCUT2D eigenvalue weighted by molar-refractivity contribution is 6.14. The quantitative estimate of drug-likeness (QED) is 0.109. The number of carbonyl (C=O) groups is 5. The molecule has 1 aliphatic carbocycles. The van der Waals surface area contributed by atoms with Gasteiger partial charge in [-0.15, -0.1) is 0 Å². The Morgan fingerprint density at radius 2 is 1.29 bits per heavy atom. The number of Topliss-reactive ketones (excluding diaryl/α,β-unsaturated/α-hetero) is 1. The van der Waals surface area contributed by atoms with E-state index in [4.69, 9.17) is 9.15 Å². The summed E-state index contributed by atoms with van der Waals surface area (Å²) in [7, 11) is 0. The number of rotatable bonds is 7. The first kappa shape index (κ1) is 33.8. The molecule has 232 valence electrons. The minimum absolute atomic E-state index is 0.0181. The van der Waals surface area contributed by atoms with Gasteiger partial charge in [-0.3, -0.25) is 19.2 Å². The lowest BCUT2D eigenvalue weighted by molar-refractivity contribution is -0.142. The smallest absolute Gasteiger partial charge is 0.342 e. The van der Waals surface area contributed by atoms with E-state index >= 15 is 0 Å². The summed E-state index contributed by atoms with van der Waals surface area (Å²) in [5.41, 5.74) is 1.53. The number of allylic oxidation sites excluding steroid dienone is 4. The number of halogens is 2. The van der Waals surface area contributed by atoms with Crippen molar-refractivity contribution in [2.45, 2.75) is 20.3 Å². The molecule has 0 amide bonds. The van der Waals surface area contributed by atoms with Crippen LogP contribution in [0, 0.1) is 11.6 Å². The van der Waals surface area contributed by atoms with Gasteiger partial charge in [-0.05, 0) is 105 Å². The van der Waals surface area contributed by atoms with Gasteiger partial charge < -0.3 is 19.0 Å². The van der Waals surface area contributed by atoms with Crippen LogP contribution < -0.4 is 0 Å². The van der Waals surface area contributed by atoms with E-state index in [9.17, 15) is 37.9 Å². The lowest BCUT2D eigenvalue weighted by atomic mass is 10.1. The first-order chi connectivity index (χ1) is 21.5. The van der Waals surface area contributed by atoms with Gasteiger partial charge in [0.15, 0.2) is 17.3 Å². The minimum atomic E-state index is -0.563. The summed E-state index contributed by atoms with van der Waals surface area (Å²) in [6.07, 6.45) is 4.70. The highest BCUT2D eigenvalue weighted by Gasteiger charge is 2.23. The molecule has 1 aliphatic rings. The van der Waals surface area contributed by atoms with Crippen molar-refractivity contribution in [3.63, 3.8) is 0 Å². The van der Waals surface area contributed by atoms with Gasteiger partial charge in [0.1, 0.15) is 40.7 Å². The third kappa shape index (κ3) is 9.92. The van der Waals surface area contributed by atoms with Crippen LogP contribution in [0.2, 0.25) is 0 Å². The summed E-state index contributed by atoms with van der Waals surface area (Å²) in [6, 6.07) is 15.1. The third-order valence-electron chi connectivity index (χ3n) is 5.86. The molecule has 0 atom stereocenters. The molecule has 0 saturated carbocycles.